The molecule has 1 amide bonds. The van der Waals surface area contributed by atoms with E-state index >= 15 is 0 Å². The molecule has 1 aliphatic carbocycles. The number of rotatable bonds is 6. The lowest BCUT2D eigenvalue weighted by atomic mass is 9.87. The first-order chi connectivity index (χ1) is 15.7. The van der Waals surface area contributed by atoms with Crippen LogP contribution in [0.2, 0.25) is 0 Å². The van der Waals surface area contributed by atoms with Gasteiger partial charge in [-0.3, -0.25) is 9.59 Å². The van der Waals surface area contributed by atoms with Gasteiger partial charge in [-0.2, -0.15) is 13.2 Å². The predicted molar refractivity (Wildman–Crippen MR) is 116 cm³/mol. The van der Waals surface area contributed by atoms with Crippen molar-refractivity contribution >= 4 is 11.9 Å². The summed E-state index contributed by atoms with van der Waals surface area (Å²) in [5, 5.41) is 8.89. The van der Waals surface area contributed by atoms with E-state index in [-0.39, 0.29) is 37.2 Å². The second-order valence-corrected chi connectivity index (χ2v) is 8.88. The summed E-state index contributed by atoms with van der Waals surface area (Å²) in [5.41, 5.74) is 2.14. The van der Waals surface area contributed by atoms with E-state index < -0.39 is 18.1 Å². The number of halogens is 3. The Kier molecular flexibility index (Phi) is 6.63. The molecule has 1 saturated carbocycles. The minimum Gasteiger partial charge on any atom is -0.490 e. The molecular formula is C25H26F3NO4. The first-order valence-corrected chi connectivity index (χ1v) is 11.1. The lowest BCUT2D eigenvalue weighted by Crippen LogP contribution is -2.50. The summed E-state index contributed by atoms with van der Waals surface area (Å²) in [6.45, 7) is 0.867. The largest absolute Gasteiger partial charge is 0.490 e. The summed E-state index contributed by atoms with van der Waals surface area (Å²) in [6, 6.07) is 14.5. The maximum atomic E-state index is 13.0. The molecule has 1 heterocycles. The van der Waals surface area contributed by atoms with Crippen LogP contribution in [0.4, 0.5) is 13.2 Å². The summed E-state index contributed by atoms with van der Waals surface area (Å²) in [4.78, 5) is 25.4. The maximum absolute atomic E-state index is 13.0. The molecule has 8 heteroatoms. The van der Waals surface area contributed by atoms with Crippen LogP contribution in [0.5, 0.6) is 5.75 Å². The Balaban J connectivity index is 1.39. The van der Waals surface area contributed by atoms with Gasteiger partial charge in [0.2, 0.25) is 0 Å². The summed E-state index contributed by atoms with van der Waals surface area (Å²) in [5.74, 6) is -1.64. The minimum absolute atomic E-state index is 0.0127. The number of ether oxygens (including phenoxy) is 1. The molecule has 2 aliphatic rings. The zero-order chi connectivity index (χ0) is 23.6. The van der Waals surface area contributed by atoms with Crippen molar-refractivity contribution in [3.63, 3.8) is 0 Å². The molecule has 2 fully saturated rings. The van der Waals surface area contributed by atoms with Gasteiger partial charge in [0.15, 0.2) is 0 Å². The third-order valence-electron chi connectivity index (χ3n) is 6.47. The number of carboxylic acid groups (broad SMARTS) is 1. The molecule has 1 N–H and O–H groups in total. The maximum Gasteiger partial charge on any atom is 0.391 e. The van der Waals surface area contributed by atoms with Crippen molar-refractivity contribution in [1.29, 1.82) is 0 Å². The number of amides is 1. The molecule has 0 spiro atoms. The van der Waals surface area contributed by atoms with E-state index in [1.165, 1.54) is 0 Å². The molecule has 2 aromatic rings. The van der Waals surface area contributed by atoms with Gasteiger partial charge in [-0.15, -0.1) is 0 Å². The highest BCUT2D eigenvalue weighted by molar-refractivity contribution is 6.01. The van der Waals surface area contributed by atoms with Crippen LogP contribution in [0.25, 0.3) is 11.1 Å². The average Bonchev–Trinajstić information content (AvgIpc) is 2.76. The van der Waals surface area contributed by atoms with Crippen LogP contribution in [0, 0.1) is 11.8 Å². The standard InChI is InChI=1S/C25H26F3NO4/c26-25(27,28)18-7-11-20(12-8-18)33-19-9-5-17(6-10-19)21-3-1-2-4-22(21)24(32)29-14-16(15-29)13-23(30)31/h1-6,9-10,16,18,20H,7-8,11-15H2,(H,30,31). The number of hydrogen-bond donors (Lipinski definition) is 1. The van der Waals surface area contributed by atoms with Crippen LogP contribution >= 0.6 is 0 Å². The van der Waals surface area contributed by atoms with E-state index in [0.29, 0.717) is 37.2 Å². The van der Waals surface area contributed by atoms with Gasteiger partial charge in [0.25, 0.3) is 5.91 Å². The molecule has 176 valence electrons. The molecule has 0 aromatic heterocycles. The number of nitrogens with zero attached hydrogens (tertiary/aromatic N) is 1. The van der Waals surface area contributed by atoms with Crippen LogP contribution in [0.15, 0.2) is 48.5 Å². The Hall–Kier alpha value is -3.03. The van der Waals surface area contributed by atoms with Crippen molar-refractivity contribution in [1.82, 2.24) is 4.90 Å². The summed E-state index contributed by atoms with van der Waals surface area (Å²) in [7, 11) is 0. The number of alkyl halides is 3. The first kappa shape index (κ1) is 23.1. The van der Waals surface area contributed by atoms with Gasteiger partial charge in [0.05, 0.1) is 18.4 Å². The molecule has 0 atom stereocenters. The van der Waals surface area contributed by atoms with E-state index in [1.54, 1.807) is 29.2 Å². The van der Waals surface area contributed by atoms with Crippen LogP contribution in [0.3, 0.4) is 0 Å². The Bertz CT molecular complexity index is 991. The third-order valence-corrected chi connectivity index (χ3v) is 6.47. The lowest BCUT2D eigenvalue weighted by Gasteiger charge is -2.39. The van der Waals surface area contributed by atoms with Crippen molar-refractivity contribution in [2.24, 2.45) is 11.8 Å². The van der Waals surface area contributed by atoms with E-state index in [1.807, 2.05) is 24.3 Å². The smallest absolute Gasteiger partial charge is 0.391 e. The van der Waals surface area contributed by atoms with Crippen molar-refractivity contribution < 1.29 is 32.6 Å². The first-order valence-electron chi connectivity index (χ1n) is 11.1. The SMILES string of the molecule is O=C(O)CC1CN(C(=O)c2ccccc2-c2ccc(OC3CCC(C(F)(F)F)CC3)cc2)C1. The zero-order valence-electron chi connectivity index (χ0n) is 18.1. The van der Waals surface area contributed by atoms with Crippen LogP contribution < -0.4 is 4.74 Å². The number of likely N-dealkylation sites (tertiary alicyclic amines) is 1. The Labute approximate surface area is 190 Å². The second kappa shape index (κ2) is 9.45. The molecule has 4 rings (SSSR count). The van der Waals surface area contributed by atoms with Crippen LogP contribution in [-0.4, -0.2) is 47.3 Å². The van der Waals surface area contributed by atoms with Crippen molar-refractivity contribution in [3.8, 4) is 16.9 Å². The molecule has 0 bridgehead atoms. The van der Waals surface area contributed by atoms with E-state index in [2.05, 4.69) is 0 Å². The Morgan fingerprint density at radius 1 is 0.970 bits per heavy atom. The summed E-state index contributed by atoms with van der Waals surface area (Å²) in [6.07, 6.45) is -3.37. The average molecular weight is 461 g/mol. The quantitative estimate of drug-likeness (QED) is 0.626. The highest BCUT2D eigenvalue weighted by atomic mass is 19.4. The molecule has 1 saturated heterocycles. The highest BCUT2D eigenvalue weighted by Gasteiger charge is 2.41. The second-order valence-electron chi connectivity index (χ2n) is 8.88. The molecule has 5 nitrogen and oxygen atoms in total. The van der Waals surface area contributed by atoms with E-state index in [4.69, 9.17) is 9.84 Å². The molecule has 0 unspecified atom stereocenters. The Morgan fingerprint density at radius 2 is 1.61 bits per heavy atom. The summed E-state index contributed by atoms with van der Waals surface area (Å²) < 4.78 is 44.4. The number of hydrogen-bond acceptors (Lipinski definition) is 3. The van der Waals surface area contributed by atoms with Crippen molar-refractivity contribution in [2.75, 3.05) is 13.1 Å². The fraction of sp³-hybridized carbons (Fsp3) is 0.440. The van der Waals surface area contributed by atoms with Gasteiger partial charge in [-0.25, -0.2) is 0 Å². The van der Waals surface area contributed by atoms with Gasteiger partial charge in [-0.05, 0) is 55.0 Å². The fourth-order valence-electron chi connectivity index (χ4n) is 4.62. The molecule has 1 aliphatic heterocycles. The predicted octanol–water partition coefficient (Wildman–Crippen LogP) is 5.40. The topological polar surface area (TPSA) is 66.8 Å². The minimum atomic E-state index is -4.13. The highest BCUT2D eigenvalue weighted by Crippen LogP contribution is 2.38. The van der Waals surface area contributed by atoms with Gasteiger partial charge >= 0.3 is 12.1 Å². The normalized spacial score (nSPS) is 21.4. The van der Waals surface area contributed by atoms with Crippen molar-refractivity contribution in [2.45, 2.75) is 44.4 Å². The zero-order valence-corrected chi connectivity index (χ0v) is 18.1. The number of carbonyl (C=O) groups is 2. The Morgan fingerprint density at radius 3 is 2.21 bits per heavy atom. The van der Waals surface area contributed by atoms with Gasteiger partial charge in [0.1, 0.15) is 5.75 Å². The lowest BCUT2D eigenvalue weighted by molar-refractivity contribution is -0.185. The third kappa shape index (κ3) is 5.49. The monoisotopic (exact) mass is 461 g/mol. The van der Waals surface area contributed by atoms with Gasteiger partial charge < -0.3 is 14.7 Å². The van der Waals surface area contributed by atoms with Gasteiger partial charge in [-0.1, -0.05) is 30.3 Å². The van der Waals surface area contributed by atoms with E-state index in [0.717, 1.165) is 11.1 Å². The fourth-order valence-corrected chi connectivity index (χ4v) is 4.62. The number of benzene rings is 2. The molecule has 2 aromatic carbocycles. The van der Waals surface area contributed by atoms with E-state index in [9.17, 15) is 22.8 Å². The van der Waals surface area contributed by atoms with Crippen molar-refractivity contribution in [3.05, 3.63) is 54.1 Å². The number of carbonyl (C=O) groups excluding carboxylic acids is 1. The number of carboxylic acids is 1. The molecular weight excluding hydrogens is 435 g/mol. The van der Waals surface area contributed by atoms with Crippen LogP contribution in [-0.2, 0) is 4.79 Å². The molecule has 0 radical (unpaired) electrons. The van der Waals surface area contributed by atoms with Crippen LogP contribution in [0.1, 0.15) is 42.5 Å². The summed E-state index contributed by atoms with van der Waals surface area (Å²) >= 11 is 0. The molecule has 33 heavy (non-hydrogen) atoms. The van der Waals surface area contributed by atoms with Gasteiger partial charge in [0, 0.05) is 24.6 Å². The number of aliphatic carboxylic acids is 1.